The van der Waals surface area contributed by atoms with E-state index in [2.05, 4.69) is 13.8 Å². The highest BCUT2D eigenvalue weighted by atomic mass is 16.6. The SMILES string of the molecule is C.C.C.C.CCC(C)(CC(C)(C)C(=O)CC1CCCCC1)C(=O)CC1(C)CCC2CC1(C)OC2=O. The van der Waals surface area contributed by atoms with Crippen LogP contribution in [0.3, 0.4) is 0 Å². The van der Waals surface area contributed by atoms with Crippen LogP contribution in [0, 0.1) is 28.1 Å². The highest BCUT2D eigenvalue weighted by Gasteiger charge is 2.59. The van der Waals surface area contributed by atoms with Gasteiger partial charge in [0.15, 0.2) is 0 Å². The quantitative estimate of drug-likeness (QED) is 0.299. The summed E-state index contributed by atoms with van der Waals surface area (Å²) in [7, 11) is 0. The maximum absolute atomic E-state index is 13.7. The van der Waals surface area contributed by atoms with E-state index in [4.69, 9.17) is 4.74 Å². The highest BCUT2D eigenvalue weighted by Crippen LogP contribution is 2.56. The smallest absolute Gasteiger partial charge is 0.309 e. The van der Waals surface area contributed by atoms with E-state index in [0.29, 0.717) is 31.0 Å². The van der Waals surface area contributed by atoms with Crippen LogP contribution in [0.2, 0.25) is 0 Å². The zero-order valence-electron chi connectivity index (χ0n) is 20.8. The van der Waals surface area contributed by atoms with E-state index in [1.807, 2.05) is 27.7 Å². The number of ketones is 2. The Hall–Kier alpha value is -1.19. The topological polar surface area (TPSA) is 60.4 Å². The number of fused-ring (bicyclic) bond motifs is 2. The summed E-state index contributed by atoms with van der Waals surface area (Å²) < 4.78 is 5.81. The van der Waals surface area contributed by atoms with Crippen molar-refractivity contribution in [3.63, 3.8) is 0 Å². The average molecular weight is 497 g/mol. The van der Waals surface area contributed by atoms with Crippen molar-refractivity contribution >= 4 is 17.5 Å². The fourth-order valence-corrected chi connectivity index (χ4v) is 6.51. The fourth-order valence-electron chi connectivity index (χ4n) is 6.51. The third-order valence-corrected chi connectivity index (χ3v) is 9.41. The van der Waals surface area contributed by atoms with Gasteiger partial charge >= 0.3 is 5.97 Å². The Labute approximate surface area is 218 Å². The summed E-state index contributed by atoms with van der Waals surface area (Å²) in [6.07, 6.45) is 10.9. The Morgan fingerprint density at radius 1 is 0.943 bits per heavy atom. The lowest BCUT2D eigenvalue weighted by atomic mass is 9.58. The number of hydrogen-bond donors (Lipinski definition) is 0. The van der Waals surface area contributed by atoms with Crippen LogP contribution in [0.4, 0.5) is 0 Å². The molecule has 3 fully saturated rings. The molecular formula is C31H60O4. The van der Waals surface area contributed by atoms with E-state index in [9.17, 15) is 14.4 Å². The van der Waals surface area contributed by atoms with Crippen LogP contribution < -0.4 is 0 Å². The molecule has 2 aliphatic carbocycles. The van der Waals surface area contributed by atoms with Gasteiger partial charge in [-0.05, 0) is 38.5 Å². The van der Waals surface area contributed by atoms with Gasteiger partial charge in [-0.25, -0.2) is 0 Å². The van der Waals surface area contributed by atoms with Crippen LogP contribution in [-0.2, 0) is 19.1 Å². The van der Waals surface area contributed by atoms with Crippen molar-refractivity contribution in [2.75, 3.05) is 0 Å². The van der Waals surface area contributed by atoms with Gasteiger partial charge in [-0.2, -0.15) is 0 Å². The first kappa shape index (κ1) is 36.0. The summed E-state index contributed by atoms with van der Waals surface area (Å²) in [5, 5.41) is 0. The summed E-state index contributed by atoms with van der Waals surface area (Å²) >= 11 is 0. The van der Waals surface area contributed by atoms with E-state index >= 15 is 0 Å². The van der Waals surface area contributed by atoms with Gasteiger partial charge in [-0.1, -0.05) is 96.4 Å². The molecule has 4 nitrogen and oxygen atoms in total. The summed E-state index contributed by atoms with van der Waals surface area (Å²) in [5.41, 5.74) is -1.92. The Balaban J connectivity index is 0. The normalized spacial score (nSPS) is 29.8. The molecular weight excluding hydrogens is 436 g/mol. The van der Waals surface area contributed by atoms with E-state index in [0.717, 1.165) is 25.7 Å². The summed E-state index contributed by atoms with van der Waals surface area (Å²) in [6, 6.07) is 0. The van der Waals surface area contributed by atoms with Crippen molar-refractivity contribution in [2.24, 2.45) is 28.1 Å². The Kier molecular flexibility index (Phi) is 13.2. The second-order valence-electron chi connectivity index (χ2n) is 12.4. The lowest BCUT2D eigenvalue weighted by Gasteiger charge is -2.46. The lowest BCUT2D eigenvalue weighted by molar-refractivity contribution is -0.160. The number of hydrogen-bond acceptors (Lipinski definition) is 4. The van der Waals surface area contributed by atoms with Crippen molar-refractivity contribution in [1.29, 1.82) is 0 Å². The van der Waals surface area contributed by atoms with Gasteiger partial charge in [0.1, 0.15) is 17.2 Å². The molecule has 1 heterocycles. The Bertz CT molecular complexity index is 719. The van der Waals surface area contributed by atoms with Crippen LogP contribution >= 0.6 is 0 Å². The Morgan fingerprint density at radius 2 is 1.51 bits per heavy atom. The molecule has 2 bridgehead atoms. The first-order chi connectivity index (χ1) is 14.3. The molecule has 4 unspecified atom stereocenters. The summed E-state index contributed by atoms with van der Waals surface area (Å²) in [4.78, 5) is 39.1. The number of Topliss-reactive ketones (excluding diaryl/α,β-unsaturated/α-hetero) is 2. The first-order valence-corrected chi connectivity index (χ1v) is 12.6. The lowest BCUT2D eigenvalue weighted by Crippen LogP contribution is -2.49. The summed E-state index contributed by atoms with van der Waals surface area (Å²) in [6.45, 7) is 12.3. The monoisotopic (exact) mass is 496 g/mol. The minimum Gasteiger partial charge on any atom is -0.459 e. The third kappa shape index (κ3) is 7.19. The fraction of sp³-hybridized carbons (Fsp3) is 0.903. The zero-order valence-corrected chi connectivity index (χ0v) is 20.8. The molecule has 0 radical (unpaired) electrons. The number of carbonyl (C=O) groups excluding carboxylic acids is 3. The molecule has 4 atom stereocenters. The largest absolute Gasteiger partial charge is 0.459 e. The van der Waals surface area contributed by atoms with Gasteiger partial charge in [-0.3, -0.25) is 14.4 Å². The number of carbonyl (C=O) groups is 3. The molecule has 35 heavy (non-hydrogen) atoms. The van der Waals surface area contributed by atoms with Gasteiger partial charge in [0.25, 0.3) is 0 Å². The number of ether oxygens (including phenoxy) is 1. The van der Waals surface area contributed by atoms with Crippen LogP contribution in [0.5, 0.6) is 0 Å². The molecule has 0 amide bonds. The molecule has 208 valence electrons. The van der Waals surface area contributed by atoms with E-state index in [-0.39, 0.29) is 52.8 Å². The Morgan fingerprint density at radius 3 is 2.06 bits per heavy atom. The van der Waals surface area contributed by atoms with Gasteiger partial charge in [0, 0.05) is 35.5 Å². The van der Waals surface area contributed by atoms with E-state index < -0.39 is 16.4 Å². The van der Waals surface area contributed by atoms with Gasteiger partial charge in [0.2, 0.25) is 0 Å². The van der Waals surface area contributed by atoms with Crippen molar-refractivity contribution in [1.82, 2.24) is 0 Å². The third-order valence-electron chi connectivity index (χ3n) is 9.41. The minimum atomic E-state index is -0.552. The standard InChI is InChI=1S/C27H44O4.4CH4/c1-7-25(4,18-24(2,3)21(28)15-19-11-9-8-10-12-19)22(29)17-26(5)14-13-20-16-27(26,6)31-23(20)30;;;;/h19-20H,7-18H2,1-6H3;4*1H4. The molecule has 3 aliphatic rings. The van der Waals surface area contributed by atoms with Gasteiger partial charge in [-0.15, -0.1) is 0 Å². The molecule has 0 N–H and O–H groups in total. The van der Waals surface area contributed by atoms with Gasteiger partial charge in [0.05, 0.1) is 5.92 Å². The van der Waals surface area contributed by atoms with E-state index in [1.54, 1.807) is 0 Å². The van der Waals surface area contributed by atoms with Crippen LogP contribution in [0.1, 0.15) is 148 Å². The van der Waals surface area contributed by atoms with Crippen molar-refractivity contribution < 1.29 is 19.1 Å². The average Bonchev–Trinajstić information content (AvgIpc) is 2.97. The highest BCUT2D eigenvalue weighted by molar-refractivity contribution is 5.88. The first-order valence-electron chi connectivity index (χ1n) is 12.6. The molecule has 4 heteroatoms. The second-order valence-corrected chi connectivity index (χ2v) is 12.4. The maximum Gasteiger partial charge on any atom is 0.309 e. The molecule has 0 aromatic heterocycles. The zero-order chi connectivity index (χ0) is 23.1. The molecule has 1 saturated heterocycles. The van der Waals surface area contributed by atoms with Crippen molar-refractivity contribution in [2.45, 2.75) is 154 Å². The van der Waals surface area contributed by atoms with Crippen molar-refractivity contribution in [3.8, 4) is 0 Å². The molecule has 0 aromatic carbocycles. The predicted molar refractivity (Wildman–Crippen MR) is 149 cm³/mol. The number of rotatable bonds is 9. The van der Waals surface area contributed by atoms with Gasteiger partial charge < -0.3 is 4.74 Å². The molecule has 0 aromatic rings. The van der Waals surface area contributed by atoms with Crippen molar-refractivity contribution in [3.05, 3.63) is 0 Å². The minimum absolute atomic E-state index is 0. The van der Waals surface area contributed by atoms with Crippen LogP contribution in [0.25, 0.3) is 0 Å². The predicted octanol–water partition coefficient (Wildman–Crippen LogP) is 8.98. The molecule has 1 aliphatic heterocycles. The molecule has 0 spiro atoms. The second kappa shape index (κ2) is 12.9. The van der Waals surface area contributed by atoms with Crippen LogP contribution in [-0.4, -0.2) is 23.1 Å². The molecule has 2 saturated carbocycles. The maximum atomic E-state index is 13.7. The van der Waals surface area contributed by atoms with E-state index in [1.165, 1.54) is 32.1 Å². The number of esters is 1. The van der Waals surface area contributed by atoms with Crippen LogP contribution in [0.15, 0.2) is 0 Å². The summed E-state index contributed by atoms with van der Waals surface area (Å²) in [5.74, 6) is 0.970. The molecule has 3 rings (SSSR count).